The first-order valence-corrected chi connectivity index (χ1v) is 5.83. The number of hydrogen-bond acceptors (Lipinski definition) is 2. The van der Waals surface area contributed by atoms with Crippen molar-refractivity contribution in [3.8, 4) is 0 Å². The van der Waals surface area contributed by atoms with Gasteiger partial charge in [0, 0.05) is 12.1 Å². The van der Waals surface area contributed by atoms with Crippen LogP contribution in [0.15, 0.2) is 18.2 Å². The summed E-state index contributed by atoms with van der Waals surface area (Å²) in [6, 6.07) is 4.58. The lowest BCUT2D eigenvalue weighted by molar-refractivity contribution is 0.0925. The third-order valence-electron chi connectivity index (χ3n) is 3.32. The summed E-state index contributed by atoms with van der Waals surface area (Å²) in [6.07, 6.45) is 2.94. The van der Waals surface area contributed by atoms with Crippen molar-refractivity contribution in [1.29, 1.82) is 0 Å². The number of amides is 1. The molecular formula is C13H18ClFN2O. The highest BCUT2D eigenvalue weighted by Crippen LogP contribution is 2.28. The van der Waals surface area contributed by atoms with Gasteiger partial charge < -0.3 is 11.1 Å². The van der Waals surface area contributed by atoms with E-state index in [0.717, 1.165) is 24.8 Å². The Kier molecular flexibility index (Phi) is 4.71. The minimum absolute atomic E-state index is 0. The Morgan fingerprint density at radius 2 is 2.17 bits per heavy atom. The molecule has 1 aliphatic carbocycles. The Balaban J connectivity index is 0.00000162. The number of rotatable bonds is 3. The van der Waals surface area contributed by atoms with Crippen molar-refractivity contribution in [1.82, 2.24) is 5.32 Å². The number of nitrogens with two attached hydrogens (primary N) is 1. The van der Waals surface area contributed by atoms with E-state index in [9.17, 15) is 9.18 Å². The molecule has 2 rings (SSSR count). The highest BCUT2D eigenvalue weighted by Gasteiger charge is 2.32. The molecule has 5 heteroatoms. The van der Waals surface area contributed by atoms with E-state index in [1.807, 2.05) is 0 Å². The molecule has 1 fully saturated rings. The van der Waals surface area contributed by atoms with Gasteiger partial charge in [0.2, 0.25) is 0 Å². The molecule has 1 aliphatic rings. The van der Waals surface area contributed by atoms with Crippen LogP contribution in [0.4, 0.5) is 4.39 Å². The van der Waals surface area contributed by atoms with Gasteiger partial charge in [-0.25, -0.2) is 4.39 Å². The van der Waals surface area contributed by atoms with Crippen molar-refractivity contribution in [3.63, 3.8) is 0 Å². The van der Waals surface area contributed by atoms with Gasteiger partial charge in [0.1, 0.15) is 5.82 Å². The van der Waals surface area contributed by atoms with Gasteiger partial charge >= 0.3 is 0 Å². The number of halogens is 2. The summed E-state index contributed by atoms with van der Waals surface area (Å²) in [6.45, 7) is 2.20. The number of benzene rings is 1. The van der Waals surface area contributed by atoms with Crippen LogP contribution in [0.25, 0.3) is 0 Å². The molecule has 1 amide bonds. The minimum Gasteiger partial charge on any atom is -0.350 e. The fraction of sp³-hybridized carbons (Fsp3) is 0.462. The van der Waals surface area contributed by atoms with Gasteiger partial charge in [-0.1, -0.05) is 6.07 Å². The average molecular weight is 273 g/mol. The number of aryl methyl sites for hydroxylation is 1. The normalized spacial score (nSPS) is 16.4. The smallest absolute Gasteiger partial charge is 0.254 e. The summed E-state index contributed by atoms with van der Waals surface area (Å²) in [5.41, 5.74) is 6.58. The zero-order chi connectivity index (χ0) is 12.5. The number of carbonyl (C=O) groups is 1. The lowest BCUT2D eigenvalue weighted by Crippen LogP contribution is -2.55. The minimum atomic E-state index is -0.484. The fourth-order valence-corrected chi connectivity index (χ4v) is 1.96. The van der Waals surface area contributed by atoms with Gasteiger partial charge in [-0.05, 0) is 43.9 Å². The molecule has 0 aromatic heterocycles. The van der Waals surface area contributed by atoms with E-state index in [2.05, 4.69) is 5.32 Å². The van der Waals surface area contributed by atoms with Crippen molar-refractivity contribution >= 4 is 18.3 Å². The third kappa shape index (κ3) is 3.21. The summed E-state index contributed by atoms with van der Waals surface area (Å²) in [7, 11) is 0. The number of nitrogens with one attached hydrogen (secondary N) is 1. The van der Waals surface area contributed by atoms with E-state index in [4.69, 9.17) is 5.73 Å². The van der Waals surface area contributed by atoms with Crippen LogP contribution in [0, 0.1) is 12.7 Å². The van der Waals surface area contributed by atoms with Crippen LogP contribution in [0.5, 0.6) is 0 Å². The number of hydrogen-bond donors (Lipinski definition) is 2. The Labute approximate surface area is 112 Å². The maximum atomic E-state index is 13.5. The summed E-state index contributed by atoms with van der Waals surface area (Å²) in [5.74, 6) is -0.874. The highest BCUT2D eigenvalue weighted by molar-refractivity contribution is 5.94. The van der Waals surface area contributed by atoms with Gasteiger partial charge in [-0.15, -0.1) is 12.4 Å². The molecule has 0 atom stereocenters. The van der Waals surface area contributed by atoms with Crippen LogP contribution < -0.4 is 11.1 Å². The zero-order valence-corrected chi connectivity index (χ0v) is 11.1. The van der Waals surface area contributed by atoms with Crippen LogP contribution in [0.3, 0.4) is 0 Å². The summed E-state index contributed by atoms with van der Waals surface area (Å²) >= 11 is 0. The summed E-state index contributed by atoms with van der Waals surface area (Å²) < 4.78 is 13.5. The van der Waals surface area contributed by atoms with Gasteiger partial charge in [0.25, 0.3) is 5.91 Å². The largest absolute Gasteiger partial charge is 0.350 e. The Hall–Kier alpha value is -1.13. The Morgan fingerprint density at radius 3 is 2.67 bits per heavy atom. The van der Waals surface area contributed by atoms with Crippen molar-refractivity contribution in [2.24, 2.45) is 5.73 Å². The fourth-order valence-electron chi connectivity index (χ4n) is 1.96. The lowest BCUT2D eigenvalue weighted by Gasteiger charge is -2.38. The van der Waals surface area contributed by atoms with Crippen LogP contribution in [-0.2, 0) is 0 Å². The molecule has 1 aromatic rings. The third-order valence-corrected chi connectivity index (χ3v) is 3.32. The second-order valence-electron chi connectivity index (χ2n) is 4.88. The van der Waals surface area contributed by atoms with E-state index in [1.54, 1.807) is 13.0 Å². The number of carbonyl (C=O) groups excluding carboxylic acids is 1. The molecule has 0 heterocycles. The molecule has 100 valence electrons. The van der Waals surface area contributed by atoms with E-state index < -0.39 is 5.82 Å². The molecule has 0 saturated heterocycles. The van der Waals surface area contributed by atoms with Gasteiger partial charge in [0.15, 0.2) is 0 Å². The molecule has 0 bridgehead atoms. The summed E-state index contributed by atoms with van der Waals surface area (Å²) in [4.78, 5) is 11.8. The van der Waals surface area contributed by atoms with Gasteiger partial charge in [-0.3, -0.25) is 4.79 Å². The van der Waals surface area contributed by atoms with Crippen LogP contribution in [0.1, 0.15) is 35.2 Å². The SMILES string of the molecule is Cc1ccc(C(=O)NCC2(N)CCC2)c(F)c1.Cl. The van der Waals surface area contributed by atoms with Crippen LogP contribution in [-0.4, -0.2) is 18.0 Å². The molecule has 0 unspecified atom stereocenters. The van der Waals surface area contributed by atoms with Crippen molar-refractivity contribution in [2.45, 2.75) is 31.7 Å². The van der Waals surface area contributed by atoms with Gasteiger partial charge in [0.05, 0.1) is 5.56 Å². The van der Waals surface area contributed by atoms with Crippen molar-refractivity contribution in [2.75, 3.05) is 6.54 Å². The zero-order valence-electron chi connectivity index (χ0n) is 10.3. The topological polar surface area (TPSA) is 55.1 Å². The predicted molar refractivity (Wildman–Crippen MR) is 71.5 cm³/mol. The summed E-state index contributed by atoms with van der Waals surface area (Å²) in [5, 5.41) is 2.70. The average Bonchev–Trinajstić information content (AvgIpc) is 2.23. The Bertz CT molecular complexity index is 447. The molecule has 0 spiro atoms. The quantitative estimate of drug-likeness (QED) is 0.886. The molecule has 3 nitrogen and oxygen atoms in total. The molecule has 0 aliphatic heterocycles. The predicted octanol–water partition coefficient (Wildman–Crippen LogP) is 2.17. The first kappa shape index (κ1) is 14.9. The first-order valence-electron chi connectivity index (χ1n) is 5.83. The monoisotopic (exact) mass is 272 g/mol. The molecule has 1 saturated carbocycles. The van der Waals surface area contributed by atoms with E-state index in [1.165, 1.54) is 12.1 Å². The molecule has 1 aromatic carbocycles. The maximum Gasteiger partial charge on any atom is 0.254 e. The van der Waals surface area contributed by atoms with Gasteiger partial charge in [-0.2, -0.15) is 0 Å². The second kappa shape index (κ2) is 5.67. The van der Waals surface area contributed by atoms with Crippen molar-refractivity contribution < 1.29 is 9.18 Å². The maximum absolute atomic E-state index is 13.5. The second-order valence-corrected chi connectivity index (χ2v) is 4.88. The first-order chi connectivity index (χ1) is 8.00. The standard InChI is InChI=1S/C13H17FN2O.ClH/c1-9-3-4-10(11(14)7-9)12(17)16-8-13(15)5-2-6-13;/h3-4,7H,2,5-6,8,15H2,1H3,(H,16,17);1H. The molecular weight excluding hydrogens is 255 g/mol. The van der Waals surface area contributed by atoms with E-state index in [-0.39, 0.29) is 29.4 Å². The van der Waals surface area contributed by atoms with E-state index in [0.29, 0.717) is 6.54 Å². The molecule has 3 N–H and O–H groups in total. The van der Waals surface area contributed by atoms with Crippen molar-refractivity contribution in [3.05, 3.63) is 35.1 Å². The van der Waals surface area contributed by atoms with E-state index >= 15 is 0 Å². The Morgan fingerprint density at radius 1 is 1.50 bits per heavy atom. The van der Waals surface area contributed by atoms with Crippen LogP contribution in [0.2, 0.25) is 0 Å². The highest BCUT2D eigenvalue weighted by atomic mass is 35.5. The molecule has 18 heavy (non-hydrogen) atoms. The lowest BCUT2D eigenvalue weighted by atomic mass is 9.78. The van der Waals surface area contributed by atoms with Crippen LogP contribution >= 0.6 is 12.4 Å². The molecule has 0 radical (unpaired) electrons.